The van der Waals surface area contributed by atoms with Gasteiger partial charge in [-0.1, -0.05) is 29.8 Å². The highest BCUT2D eigenvalue weighted by Crippen LogP contribution is 2.14. The minimum atomic E-state index is -0.688. The first-order valence-corrected chi connectivity index (χ1v) is 7.43. The zero-order valence-electron chi connectivity index (χ0n) is 13.7. The van der Waals surface area contributed by atoms with Gasteiger partial charge in [-0.25, -0.2) is 4.39 Å². The molecule has 1 unspecified atom stereocenters. The van der Waals surface area contributed by atoms with Crippen molar-refractivity contribution >= 4 is 18.3 Å². The molecule has 0 aromatic heterocycles. The first-order valence-electron chi connectivity index (χ1n) is 7.43. The molecule has 2 N–H and O–H groups in total. The fourth-order valence-electron chi connectivity index (χ4n) is 2.10. The molecule has 0 spiro atoms. The second kappa shape index (κ2) is 9.25. The monoisotopic (exact) mass is 352 g/mol. The molecule has 2 aromatic rings. The number of carbonyl (C=O) groups excluding carboxylic acids is 1. The van der Waals surface area contributed by atoms with Gasteiger partial charge >= 0.3 is 0 Å². The van der Waals surface area contributed by atoms with E-state index in [2.05, 4.69) is 0 Å². The Hall–Kier alpha value is -2.11. The van der Waals surface area contributed by atoms with Crippen molar-refractivity contribution in [2.75, 3.05) is 20.2 Å². The van der Waals surface area contributed by atoms with E-state index in [0.29, 0.717) is 18.9 Å². The summed E-state index contributed by atoms with van der Waals surface area (Å²) in [4.78, 5) is 13.8. The molecule has 0 saturated heterocycles. The van der Waals surface area contributed by atoms with Crippen LogP contribution in [0.4, 0.5) is 4.39 Å². The second-order valence-corrected chi connectivity index (χ2v) is 5.45. The molecule has 0 aliphatic carbocycles. The van der Waals surface area contributed by atoms with Crippen LogP contribution in [0.5, 0.6) is 5.75 Å². The number of hydrogen-bond donors (Lipinski definition) is 1. The van der Waals surface area contributed by atoms with Gasteiger partial charge in [0.05, 0.1) is 6.54 Å². The van der Waals surface area contributed by atoms with Gasteiger partial charge in [0.15, 0.2) is 0 Å². The SMILES string of the molecule is Cc1ccc(C(N)C(=O)N(C)CCOc2ccc(F)cc2)cc1.Cl. The quantitative estimate of drug-likeness (QED) is 0.869. The number of ether oxygens (including phenoxy) is 1. The molecule has 24 heavy (non-hydrogen) atoms. The van der Waals surface area contributed by atoms with Crippen molar-refractivity contribution in [2.45, 2.75) is 13.0 Å². The third-order valence-electron chi connectivity index (χ3n) is 3.59. The first-order chi connectivity index (χ1) is 11.0. The number of benzene rings is 2. The molecule has 0 aliphatic rings. The molecule has 0 bridgehead atoms. The van der Waals surface area contributed by atoms with E-state index in [4.69, 9.17) is 10.5 Å². The minimum Gasteiger partial charge on any atom is -0.492 e. The summed E-state index contributed by atoms with van der Waals surface area (Å²) >= 11 is 0. The Labute approximate surface area is 147 Å². The number of nitrogens with zero attached hydrogens (tertiary/aromatic N) is 1. The van der Waals surface area contributed by atoms with E-state index < -0.39 is 6.04 Å². The van der Waals surface area contributed by atoms with Gasteiger partial charge in [-0.15, -0.1) is 12.4 Å². The number of carbonyl (C=O) groups is 1. The normalized spacial score (nSPS) is 11.3. The van der Waals surface area contributed by atoms with Gasteiger partial charge < -0.3 is 15.4 Å². The molecule has 0 radical (unpaired) electrons. The van der Waals surface area contributed by atoms with Crippen molar-refractivity contribution in [2.24, 2.45) is 5.73 Å². The topological polar surface area (TPSA) is 55.6 Å². The average Bonchev–Trinajstić information content (AvgIpc) is 2.56. The Bertz CT molecular complexity index is 647. The predicted octanol–water partition coefficient (Wildman–Crippen LogP) is 3.09. The van der Waals surface area contributed by atoms with Crippen LogP contribution < -0.4 is 10.5 Å². The molecular formula is C18H22ClFN2O2. The van der Waals surface area contributed by atoms with E-state index in [1.165, 1.54) is 17.0 Å². The van der Waals surface area contributed by atoms with Crippen molar-refractivity contribution < 1.29 is 13.9 Å². The molecule has 0 heterocycles. The van der Waals surface area contributed by atoms with Crippen molar-refractivity contribution in [1.29, 1.82) is 0 Å². The highest BCUT2D eigenvalue weighted by atomic mass is 35.5. The number of halogens is 2. The van der Waals surface area contributed by atoms with E-state index in [-0.39, 0.29) is 24.1 Å². The lowest BCUT2D eigenvalue weighted by Gasteiger charge is -2.21. The molecule has 130 valence electrons. The summed E-state index contributed by atoms with van der Waals surface area (Å²) in [6.45, 7) is 2.69. The van der Waals surface area contributed by atoms with Crippen LogP contribution in [0, 0.1) is 12.7 Å². The van der Waals surface area contributed by atoms with Crippen LogP contribution in [0.1, 0.15) is 17.2 Å². The molecular weight excluding hydrogens is 331 g/mol. The molecule has 1 amide bonds. The van der Waals surface area contributed by atoms with Crippen molar-refractivity contribution in [3.63, 3.8) is 0 Å². The fourth-order valence-corrected chi connectivity index (χ4v) is 2.10. The van der Waals surface area contributed by atoms with E-state index in [1.54, 1.807) is 19.2 Å². The average molecular weight is 353 g/mol. The first kappa shape index (κ1) is 19.9. The number of hydrogen-bond acceptors (Lipinski definition) is 3. The van der Waals surface area contributed by atoms with Crippen LogP contribution in [0.3, 0.4) is 0 Å². The highest BCUT2D eigenvalue weighted by molar-refractivity contribution is 5.85. The zero-order valence-corrected chi connectivity index (χ0v) is 14.6. The lowest BCUT2D eigenvalue weighted by molar-refractivity contribution is -0.131. The third kappa shape index (κ3) is 5.51. The maximum Gasteiger partial charge on any atom is 0.243 e. The van der Waals surface area contributed by atoms with E-state index in [9.17, 15) is 9.18 Å². The molecule has 0 saturated carbocycles. The maximum absolute atomic E-state index is 12.8. The molecule has 0 fully saturated rings. The molecule has 4 nitrogen and oxygen atoms in total. The highest BCUT2D eigenvalue weighted by Gasteiger charge is 2.19. The lowest BCUT2D eigenvalue weighted by atomic mass is 10.1. The van der Waals surface area contributed by atoms with Gasteiger partial charge in [0.2, 0.25) is 5.91 Å². The molecule has 6 heteroatoms. The molecule has 2 aromatic carbocycles. The largest absolute Gasteiger partial charge is 0.492 e. The zero-order chi connectivity index (χ0) is 16.8. The summed E-state index contributed by atoms with van der Waals surface area (Å²) in [5, 5.41) is 0. The van der Waals surface area contributed by atoms with E-state index in [0.717, 1.165) is 11.1 Å². The second-order valence-electron chi connectivity index (χ2n) is 5.45. The Morgan fingerprint density at radius 1 is 1.17 bits per heavy atom. The molecule has 2 rings (SSSR count). The van der Waals surface area contributed by atoms with Crippen LogP contribution in [-0.4, -0.2) is 31.0 Å². The summed E-state index contributed by atoms with van der Waals surface area (Å²) in [7, 11) is 1.68. The van der Waals surface area contributed by atoms with Gasteiger partial charge in [-0.05, 0) is 36.8 Å². The van der Waals surface area contributed by atoms with Crippen LogP contribution in [0.2, 0.25) is 0 Å². The van der Waals surface area contributed by atoms with Gasteiger partial charge in [0.25, 0.3) is 0 Å². The Balaban J connectivity index is 0.00000288. The third-order valence-corrected chi connectivity index (χ3v) is 3.59. The van der Waals surface area contributed by atoms with Gasteiger partial charge in [0, 0.05) is 7.05 Å². The lowest BCUT2D eigenvalue weighted by Crippen LogP contribution is -2.38. The summed E-state index contributed by atoms with van der Waals surface area (Å²) in [5.41, 5.74) is 7.92. The summed E-state index contributed by atoms with van der Waals surface area (Å²) in [6, 6.07) is 12.7. The van der Waals surface area contributed by atoms with Gasteiger partial charge in [0.1, 0.15) is 24.2 Å². The number of amides is 1. The summed E-state index contributed by atoms with van der Waals surface area (Å²) < 4.78 is 18.3. The smallest absolute Gasteiger partial charge is 0.243 e. The van der Waals surface area contributed by atoms with Gasteiger partial charge in [-0.3, -0.25) is 4.79 Å². The van der Waals surface area contributed by atoms with Crippen LogP contribution >= 0.6 is 12.4 Å². The van der Waals surface area contributed by atoms with Gasteiger partial charge in [-0.2, -0.15) is 0 Å². The molecule has 0 aliphatic heterocycles. The number of rotatable bonds is 6. The van der Waals surface area contributed by atoms with Crippen molar-refractivity contribution in [1.82, 2.24) is 4.90 Å². The Morgan fingerprint density at radius 2 is 1.75 bits per heavy atom. The number of nitrogens with two attached hydrogens (primary N) is 1. The van der Waals surface area contributed by atoms with E-state index >= 15 is 0 Å². The number of aryl methyl sites for hydroxylation is 1. The van der Waals surface area contributed by atoms with E-state index in [1.807, 2.05) is 31.2 Å². The van der Waals surface area contributed by atoms with Crippen LogP contribution in [0.25, 0.3) is 0 Å². The molecule has 1 atom stereocenters. The van der Waals surface area contributed by atoms with Crippen molar-refractivity contribution in [3.8, 4) is 5.75 Å². The van der Waals surface area contributed by atoms with Crippen LogP contribution in [-0.2, 0) is 4.79 Å². The Morgan fingerprint density at radius 3 is 2.33 bits per heavy atom. The maximum atomic E-state index is 12.8. The number of likely N-dealkylation sites (N-methyl/N-ethyl adjacent to an activating group) is 1. The van der Waals surface area contributed by atoms with Crippen molar-refractivity contribution in [3.05, 3.63) is 65.5 Å². The Kier molecular flexibility index (Phi) is 7.68. The summed E-state index contributed by atoms with van der Waals surface area (Å²) in [6.07, 6.45) is 0. The summed E-state index contributed by atoms with van der Waals surface area (Å²) in [5.74, 6) is 0.0837. The fraction of sp³-hybridized carbons (Fsp3) is 0.278. The predicted molar refractivity (Wildman–Crippen MR) is 94.9 cm³/mol. The van der Waals surface area contributed by atoms with Crippen LogP contribution in [0.15, 0.2) is 48.5 Å². The standard InChI is InChI=1S/C18H21FN2O2.ClH/c1-13-3-5-14(6-4-13)17(20)18(22)21(2)11-12-23-16-9-7-15(19)8-10-16;/h3-10,17H,11-12,20H2,1-2H3;1H. The minimum absolute atomic E-state index is 0.